The molecule has 0 aliphatic carbocycles. The van der Waals surface area contributed by atoms with Gasteiger partial charge < -0.3 is 14.8 Å². The van der Waals surface area contributed by atoms with Gasteiger partial charge in [0, 0.05) is 17.7 Å². The summed E-state index contributed by atoms with van der Waals surface area (Å²) in [4.78, 5) is 0. The minimum Gasteiger partial charge on any atom is -0.497 e. The summed E-state index contributed by atoms with van der Waals surface area (Å²) in [5.74, 6) is 1.65. The number of ether oxygens (including phenoxy) is 2. The summed E-state index contributed by atoms with van der Waals surface area (Å²) in [5, 5.41) is 13.1. The molecule has 1 unspecified atom stereocenters. The van der Waals surface area contributed by atoms with Gasteiger partial charge in [-0.25, -0.2) is 0 Å². The van der Waals surface area contributed by atoms with E-state index in [1.165, 1.54) is 5.56 Å². The van der Waals surface area contributed by atoms with Crippen molar-refractivity contribution < 1.29 is 9.47 Å². The first-order valence-electron chi connectivity index (χ1n) is 8.26. The van der Waals surface area contributed by atoms with Crippen LogP contribution in [0.4, 0.5) is 0 Å². The van der Waals surface area contributed by atoms with E-state index in [2.05, 4.69) is 30.4 Å². The zero-order valence-electron chi connectivity index (χ0n) is 14.8. The highest BCUT2D eigenvalue weighted by molar-refractivity contribution is 5.74. The molecule has 2 aromatic rings. The minimum absolute atomic E-state index is 0.234. The zero-order valence-corrected chi connectivity index (χ0v) is 14.8. The normalized spacial score (nSPS) is 20.1. The van der Waals surface area contributed by atoms with E-state index in [-0.39, 0.29) is 5.54 Å². The van der Waals surface area contributed by atoms with Crippen LogP contribution in [0.3, 0.4) is 0 Å². The number of nitriles is 1. The number of benzene rings is 2. The first-order valence-corrected chi connectivity index (χ1v) is 8.26. The fourth-order valence-electron chi connectivity index (χ4n) is 3.25. The Kier molecular flexibility index (Phi) is 4.78. The maximum atomic E-state index is 9.54. The SMILES string of the molecule is COc1ccc(C2=C(C#N)CNC(C)(c3ccc(OC)cc3)C2)cc1. The first-order chi connectivity index (χ1) is 12.1. The molecule has 2 aromatic carbocycles. The average molecular weight is 334 g/mol. The van der Waals surface area contributed by atoms with Gasteiger partial charge in [0.1, 0.15) is 11.5 Å². The van der Waals surface area contributed by atoms with Crippen molar-refractivity contribution in [3.8, 4) is 17.6 Å². The molecule has 4 heteroatoms. The molecule has 1 aliphatic heterocycles. The fraction of sp³-hybridized carbons (Fsp3) is 0.286. The molecule has 1 heterocycles. The topological polar surface area (TPSA) is 54.3 Å². The third-order valence-electron chi connectivity index (χ3n) is 4.85. The van der Waals surface area contributed by atoms with Gasteiger partial charge in [0.25, 0.3) is 0 Å². The molecule has 1 N–H and O–H groups in total. The molecule has 25 heavy (non-hydrogen) atoms. The highest BCUT2D eigenvalue weighted by atomic mass is 16.5. The van der Waals surface area contributed by atoms with Crippen LogP contribution in [0.1, 0.15) is 24.5 Å². The maximum Gasteiger partial charge on any atom is 0.118 e. The van der Waals surface area contributed by atoms with Gasteiger partial charge in [0.2, 0.25) is 0 Å². The van der Waals surface area contributed by atoms with Gasteiger partial charge in [0.05, 0.1) is 20.3 Å². The van der Waals surface area contributed by atoms with Crippen LogP contribution in [0.2, 0.25) is 0 Å². The molecule has 0 saturated heterocycles. The van der Waals surface area contributed by atoms with E-state index in [0.717, 1.165) is 34.6 Å². The van der Waals surface area contributed by atoms with Gasteiger partial charge in [0.15, 0.2) is 0 Å². The molecule has 128 valence electrons. The number of hydrogen-bond acceptors (Lipinski definition) is 4. The standard InChI is InChI=1S/C21H22N2O2/c1-21(17-6-10-19(25-3)11-7-17)12-20(16(13-22)14-23-21)15-4-8-18(24-2)9-5-15/h4-11,23H,12,14H2,1-3H3. The van der Waals surface area contributed by atoms with Gasteiger partial charge in [-0.3, -0.25) is 0 Å². The van der Waals surface area contributed by atoms with E-state index in [4.69, 9.17) is 9.47 Å². The lowest BCUT2D eigenvalue weighted by molar-refractivity contribution is 0.376. The molecule has 0 bridgehead atoms. The van der Waals surface area contributed by atoms with Crippen LogP contribution in [0.25, 0.3) is 5.57 Å². The predicted octanol–water partition coefficient (Wildman–Crippen LogP) is 3.89. The lowest BCUT2D eigenvalue weighted by Gasteiger charge is -2.37. The minimum atomic E-state index is -0.234. The van der Waals surface area contributed by atoms with Crippen molar-refractivity contribution in [3.63, 3.8) is 0 Å². The van der Waals surface area contributed by atoms with Crippen LogP contribution in [0.5, 0.6) is 11.5 Å². The molecule has 0 saturated carbocycles. The molecule has 1 aliphatic rings. The van der Waals surface area contributed by atoms with E-state index < -0.39 is 0 Å². The Morgan fingerprint density at radius 2 is 1.52 bits per heavy atom. The Hall–Kier alpha value is -2.77. The van der Waals surface area contributed by atoms with Crippen molar-refractivity contribution in [3.05, 3.63) is 65.2 Å². The Balaban J connectivity index is 1.95. The fourth-order valence-corrected chi connectivity index (χ4v) is 3.25. The molecule has 1 atom stereocenters. The summed E-state index contributed by atoms with van der Waals surface area (Å²) < 4.78 is 10.5. The lowest BCUT2D eigenvalue weighted by Crippen LogP contribution is -2.44. The second-order valence-corrected chi connectivity index (χ2v) is 6.39. The van der Waals surface area contributed by atoms with Crippen molar-refractivity contribution in [1.29, 1.82) is 5.26 Å². The molecule has 0 spiro atoms. The van der Waals surface area contributed by atoms with E-state index in [9.17, 15) is 5.26 Å². The Labute approximate surface area is 148 Å². The highest BCUT2D eigenvalue weighted by Gasteiger charge is 2.33. The van der Waals surface area contributed by atoms with Crippen LogP contribution in [-0.4, -0.2) is 20.8 Å². The predicted molar refractivity (Wildman–Crippen MR) is 98.5 cm³/mol. The quantitative estimate of drug-likeness (QED) is 0.921. The number of nitrogens with zero attached hydrogens (tertiary/aromatic N) is 1. The summed E-state index contributed by atoms with van der Waals surface area (Å²) in [7, 11) is 3.32. The van der Waals surface area contributed by atoms with Crippen molar-refractivity contribution in [2.45, 2.75) is 18.9 Å². The monoisotopic (exact) mass is 334 g/mol. The van der Waals surface area contributed by atoms with E-state index in [1.807, 2.05) is 36.4 Å². The van der Waals surface area contributed by atoms with Crippen molar-refractivity contribution in [2.75, 3.05) is 20.8 Å². The van der Waals surface area contributed by atoms with Crippen LogP contribution >= 0.6 is 0 Å². The second kappa shape index (κ2) is 7.00. The van der Waals surface area contributed by atoms with Crippen LogP contribution < -0.4 is 14.8 Å². The first kappa shape index (κ1) is 17.1. The summed E-state index contributed by atoms with van der Waals surface area (Å²) in [6, 6.07) is 18.4. The molecule has 3 rings (SSSR count). The van der Waals surface area contributed by atoms with Crippen LogP contribution in [-0.2, 0) is 5.54 Å². The number of rotatable bonds is 4. The van der Waals surface area contributed by atoms with Crippen LogP contribution in [0.15, 0.2) is 54.1 Å². The third kappa shape index (κ3) is 3.38. The van der Waals surface area contributed by atoms with E-state index >= 15 is 0 Å². The Morgan fingerprint density at radius 1 is 0.960 bits per heavy atom. The van der Waals surface area contributed by atoms with Gasteiger partial charge in [-0.15, -0.1) is 0 Å². The van der Waals surface area contributed by atoms with E-state index in [1.54, 1.807) is 14.2 Å². The van der Waals surface area contributed by atoms with Gasteiger partial charge >= 0.3 is 0 Å². The average Bonchev–Trinajstić information content (AvgIpc) is 2.68. The van der Waals surface area contributed by atoms with Crippen molar-refractivity contribution in [2.24, 2.45) is 0 Å². The largest absolute Gasteiger partial charge is 0.497 e. The summed E-state index contributed by atoms with van der Waals surface area (Å²) in [5.41, 5.74) is 3.88. The number of hydrogen-bond donors (Lipinski definition) is 1. The zero-order chi connectivity index (χ0) is 17.9. The molecular formula is C21H22N2O2. The Morgan fingerprint density at radius 3 is 2.04 bits per heavy atom. The second-order valence-electron chi connectivity index (χ2n) is 6.39. The van der Waals surface area contributed by atoms with Gasteiger partial charge in [-0.1, -0.05) is 24.3 Å². The smallest absolute Gasteiger partial charge is 0.118 e. The summed E-state index contributed by atoms with van der Waals surface area (Å²) in [6.07, 6.45) is 0.745. The molecule has 0 fully saturated rings. The molecule has 0 radical (unpaired) electrons. The van der Waals surface area contributed by atoms with Crippen molar-refractivity contribution in [1.82, 2.24) is 5.32 Å². The highest BCUT2D eigenvalue weighted by Crippen LogP contribution is 2.38. The van der Waals surface area contributed by atoms with E-state index in [0.29, 0.717) is 6.54 Å². The summed E-state index contributed by atoms with van der Waals surface area (Å²) >= 11 is 0. The number of methoxy groups -OCH3 is 2. The molecule has 0 aromatic heterocycles. The van der Waals surface area contributed by atoms with Gasteiger partial charge in [-0.05, 0) is 54.3 Å². The van der Waals surface area contributed by atoms with Crippen LogP contribution in [0, 0.1) is 11.3 Å². The van der Waals surface area contributed by atoms with Crippen molar-refractivity contribution >= 4 is 5.57 Å². The number of nitrogens with one attached hydrogen (secondary N) is 1. The molecular weight excluding hydrogens is 312 g/mol. The molecule has 0 amide bonds. The third-order valence-corrected chi connectivity index (χ3v) is 4.85. The lowest BCUT2D eigenvalue weighted by atomic mass is 9.79. The molecule has 4 nitrogen and oxygen atoms in total. The van der Waals surface area contributed by atoms with Gasteiger partial charge in [-0.2, -0.15) is 5.26 Å². The summed E-state index contributed by atoms with van der Waals surface area (Å²) in [6.45, 7) is 2.73. The maximum absolute atomic E-state index is 9.54. The Bertz CT molecular complexity index is 816.